The molecule has 3 unspecified atom stereocenters. The number of ether oxygens (including phenoxy) is 1. The van der Waals surface area contributed by atoms with Crippen LogP contribution < -0.4 is 5.32 Å². The number of quaternary nitrogens is 1. The fourth-order valence-electron chi connectivity index (χ4n) is 9.35. The number of allylic oxidation sites excluding steroid dienone is 15. The first-order valence-corrected chi connectivity index (χ1v) is 35.1. The summed E-state index contributed by atoms with van der Waals surface area (Å²) in [6.07, 6.45) is 81.2. The second-order valence-corrected chi connectivity index (χ2v) is 25.1. The molecule has 0 aliphatic heterocycles. The molecule has 9 nitrogen and oxygen atoms in total. The Kier molecular flexibility index (Phi) is 57.8. The summed E-state index contributed by atoms with van der Waals surface area (Å²) in [4.78, 5) is 37.8. The van der Waals surface area contributed by atoms with Gasteiger partial charge < -0.3 is 19.4 Å². The quantitative estimate of drug-likeness (QED) is 0.0205. The summed E-state index contributed by atoms with van der Waals surface area (Å²) < 4.78 is 30.7. The van der Waals surface area contributed by atoms with Crippen molar-refractivity contribution in [2.24, 2.45) is 0 Å². The van der Waals surface area contributed by atoms with Gasteiger partial charge in [0, 0.05) is 12.8 Å². The highest BCUT2D eigenvalue weighted by Crippen LogP contribution is 2.43. The van der Waals surface area contributed by atoms with Crippen LogP contribution in [-0.4, -0.2) is 74.3 Å². The molecule has 468 valence electrons. The molecule has 0 aromatic heterocycles. The van der Waals surface area contributed by atoms with Gasteiger partial charge in [0.2, 0.25) is 5.91 Å². The van der Waals surface area contributed by atoms with E-state index in [0.29, 0.717) is 17.4 Å². The van der Waals surface area contributed by atoms with Crippen molar-refractivity contribution in [3.8, 4) is 0 Å². The smallest absolute Gasteiger partial charge is 0.456 e. The van der Waals surface area contributed by atoms with Gasteiger partial charge in [-0.25, -0.2) is 4.57 Å². The molecule has 0 aromatic rings. The SMILES string of the molecule is CC/C=C\C/C=C\C/C=C\C/C=C\C/C=C\C/C=C\CCCCCCCCCCC(=O)NC(COP(=O)(O)OCC[N+](C)(C)C)C(/C=C\CCCCCCCCCCC)OC(=O)CCCCCCCCC/C=C/CCCCCCCC. The number of hydrogen-bond donors (Lipinski definition) is 2. The van der Waals surface area contributed by atoms with Crippen molar-refractivity contribution in [3.63, 3.8) is 0 Å². The molecule has 0 fully saturated rings. The molecule has 0 saturated carbocycles. The predicted molar refractivity (Wildman–Crippen MR) is 350 cm³/mol. The normalized spacial score (nSPS) is 14.2. The van der Waals surface area contributed by atoms with Crippen LogP contribution in [0.2, 0.25) is 0 Å². The Balaban J connectivity index is 5.10. The molecule has 2 N–H and O–H groups in total. The van der Waals surface area contributed by atoms with E-state index in [9.17, 15) is 19.0 Å². The number of likely N-dealkylation sites (N-methyl/N-ethyl adjacent to an activating group) is 1. The van der Waals surface area contributed by atoms with Gasteiger partial charge in [-0.2, -0.15) is 0 Å². The highest BCUT2D eigenvalue weighted by Gasteiger charge is 2.30. The fraction of sp³-hybridized carbons (Fsp3) is 0.746. The van der Waals surface area contributed by atoms with Crippen molar-refractivity contribution in [2.75, 3.05) is 40.9 Å². The number of carbonyl (C=O) groups is 2. The van der Waals surface area contributed by atoms with Gasteiger partial charge in [-0.05, 0) is 109 Å². The molecule has 81 heavy (non-hydrogen) atoms. The lowest BCUT2D eigenvalue weighted by Gasteiger charge is -2.27. The second-order valence-electron chi connectivity index (χ2n) is 23.6. The summed E-state index contributed by atoms with van der Waals surface area (Å²) in [6.45, 7) is 6.89. The van der Waals surface area contributed by atoms with Gasteiger partial charge in [-0.1, -0.05) is 266 Å². The number of nitrogens with one attached hydrogen (secondary N) is 1. The van der Waals surface area contributed by atoms with Crippen molar-refractivity contribution in [3.05, 3.63) is 97.2 Å². The summed E-state index contributed by atoms with van der Waals surface area (Å²) in [5.41, 5.74) is 0. The van der Waals surface area contributed by atoms with Gasteiger partial charge in [0.05, 0.1) is 33.8 Å². The Morgan fingerprint density at radius 3 is 1.20 bits per heavy atom. The largest absolute Gasteiger partial charge is 0.472 e. The van der Waals surface area contributed by atoms with Gasteiger partial charge in [0.25, 0.3) is 0 Å². The first kappa shape index (κ1) is 77.9. The van der Waals surface area contributed by atoms with Crippen LogP contribution in [0.1, 0.15) is 290 Å². The van der Waals surface area contributed by atoms with Crippen LogP contribution in [0.4, 0.5) is 0 Å². The monoisotopic (exact) mass is 1150 g/mol. The molecule has 0 spiro atoms. The minimum Gasteiger partial charge on any atom is -0.456 e. The summed E-state index contributed by atoms with van der Waals surface area (Å²) in [7, 11) is 1.48. The molecule has 0 saturated heterocycles. The summed E-state index contributed by atoms with van der Waals surface area (Å²) >= 11 is 0. The predicted octanol–water partition coefficient (Wildman–Crippen LogP) is 21.1. The van der Waals surface area contributed by atoms with Crippen molar-refractivity contribution in [1.82, 2.24) is 5.32 Å². The van der Waals surface area contributed by atoms with Gasteiger partial charge in [0.1, 0.15) is 19.3 Å². The van der Waals surface area contributed by atoms with Crippen LogP contribution in [0.15, 0.2) is 97.2 Å². The van der Waals surface area contributed by atoms with E-state index in [-0.39, 0.29) is 31.5 Å². The van der Waals surface area contributed by atoms with Crippen molar-refractivity contribution in [2.45, 2.75) is 303 Å². The zero-order chi connectivity index (χ0) is 59.3. The van der Waals surface area contributed by atoms with E-state index in [2.05, 4.69) is 111 Å². The molecule has 0 radical (unpaired) electrons. The first-order chi connectivity index (χ1) is 39.4. The molecule has 0 rings (SSSR count). The number of nitrogens with zero attached hydrogens (tertiary/aromatic N) is 1. The van der Waals surface area contributed by atoms with Crippen LogP contribution in [-0.2, 0) is 27.9 Å². The lowest BCUT2D eigenvalue weighted by atomic mass is 10.0. The molecule has 1 amide bonds. The Morgan fingerprint density at radius 1 is 0.444 bits per heavy atom. The average Bonchev–Trinajstić information content (AvgIpc) is 3.43. The maximum Gasteiger partial charge on any atom is 0.472 e. The minimum atomic E-state index is -4.46. The summed E-state index contributed by atoms with van der Waals surface area (Å²) in [5.74, 6) is -0.519. The van der Waals surface area contributed by atoms with Gasteiger partial charge in [-0.15, -0.1) is 0 Å². The van der Waals surface area contributed by atoms with E-state index >= 15 is 0 Å². The Morgan fingerprint density at radius 2 is 0.790 bits per heavy atom. The minimum absolute atomic E-state index is 0.0341. The first-order valence-electron chi connectivity index (χ1n) is 33.6. The number of hydrogen-bond acceptors (Lipinski definition) is 6. The van der Waals surface area contributed by atoms with Crippen molar-refractivity contribution < 1.29 is 37.3 Å². The molecule has 10 heteroatoms. The number of carbonyl (C=O) groups excluding carboxylic acids is 2. The lowest BCUT2D eigenvalue weighted by molar-refractivity contribution is -0.870. The molecule has 0 aliphatic rings. The fourth-order valence-corrected chi connectivity index (χ4v) is 10.1. The van der Waals surface area contributed by atoms with Gasteiger partial charge >= 0.3 is 13.8 Å². The lowest BCUT2D eigenvalue weighted by Crippen LogP contribution is -2.47. The van der Waals surface area contributed by atoms with Crippen LogP contribution in [0.5, 0.6) is 0 Å². The zero-order valence-electron chi connectivity index (χ0n) is 53.5. The van der Waals surface area contributed by atoms with E-state index in [4.69, 9.17) is 13.8 Å². The van der Waals surface area contributed by atoms with E-state index < -0.39 is 20.0 Å². The van der Waals surface area contributed by atoms with Gasteiger partial charge in [-0.3, -0.25) is 18.6 Å². The molecular weight excluding hydrogens is 1020 g/mol. The average molecular weight is 1150 g/mol. The maximum absolute atomic E-state index is 13.6. The number of rotatable bonds is 60. The third kappa shape index (κ3) is 61.3. The number of unbranched alkanes of at least 4 members (excludes halogenated alkanes) is 30. The van der Waals surface area contributed by atoms with Crippen LogP contribution in [0, 0.1) is 0 Å². The van der Waals surface area contributed by atoms with E-state index in [1.165, 1.54) is 135 Å². The Labute approximate surface area is 500 Å². The third-order valence-electron chi connectivity index (χ3n) is 14.5. The van der Waals surface area contributed by atoms with Crippen molar-refractivity contribution >= 4 is 19.7 Å². The summed E-state index contributed by atoms with van der Waals surface area (Å²) in [5, 5.41) is 3.06. The highest BCUT2D eigenvalue weighted by molar-refractivity contribution is 7.47. The van der Waals surface area contributed by atoms with E-state index in [1.54, 1.807) is 0 Å². The topological polar surface area (TPSA) is 111 Å². The van der Waals surface area contributed by atoms with Crippen LogP contribution in [0.25, 0.3) is 0 Å². The maximum atomic E-state index is 13.6. The molecule has 0 aromatic carbocycles. The van der Waals surface area contributed by atoms with Gasteiger partial charge in [0.15, 0.2) is 0 Å². The van der Waals surface area contributed by atoms with Crippen LogP contribution >= 0.6 is 7.82 Å². The highest BCUT2D eigenvalue weighted by atomic mass is 31.2. The van der Waals surface area contributed by atoms with Crippen molar-refractivity contribution in [1.29, 1.82) is 0 Å². The zero-order valence-corrected chi connectivity index (χ0v) is 54.4. The number of phosphoric acid groups is 1. The molecule has 0 heterocycles. The van der Waals surface area contributed by atoms with E-state index in [0.717, 1.165) is 122 Å². The molecular formula is C71H128N2O7P+. The number of phosphoric ester groups is 1. The number of amides is 1. The Bertz CT molecular complexity index is 1710. The summed E-state index contributed by atoms with van der Waals surface area (Å²) in [6, 6.07) is -0.860. The molecule has 0 bridgehead atoms. The second kappa shape index (κ2) is 60.1. The Hall–Kier alpha value is -3.07. The molecule has 3 atom stereocenters. The number of esters is 1. The standard InChI is InChI=1S/C71H127N2O7P/c1-7-10-13-16-19-22-25-27-29-31-32-33-34-35-36-37-38-39-40-42-43-45-48-51-54-57-60-63-70(74)72-68(67-79-81(76,77)78-66-65-73(4,5)6)69(62-59-56-53-50-47-24-21-18-15-12-9-3)80-71(75)64-61-58-55-52-49-46-44-41-30-28-26-23-20-17-14-11-8-2/h10,13,19,22,27-30,32-33,35-36,38-39,59,62,68-69H,7-9,11-12,14-18,20-21,23-26,31,34,37,40-58,60-61,63-67H2,1-6H3,(H-,72,74,76,77)/p+1/b13-10-,22-19-,29-27-,30-28+,33-32-,36-35-,39-38-,62-59-. The van der Waals surface area contributed by atoms with E-state index in [1.807, 2.05) is 33.3 Å². The van der Waals surface area contributed by atoms with Crippen LogP contribution in [0.3, 0.4) is 0 Å². The third-order valence-corrected chi connectivity index (χ3v) is 15.5. The molecule has 0 aliphatic carbocycles.